The van der Waals surface area contributed by atoms with Crippen LogP contribution in [0.5, 0.6) is 0 Å². The van der Waals surface area contributed by atoms with Crippen molar-refractivity contribution in [3.8, 4) is 0 Å². The highest BCUT2D eigenvalue weighted by Crippen LogP contribution is 2.34. The molecule has 5 rings (SSSR count). The van der Waals surface area contributed by atoms with Crippen molar-refractivity contribution in [1.29, 1.82) is 0 Å². The largest absolute Gasteiger partial charge is 0.481 e. The molecule has 2 atom stereocenters. The molecule has 17 heteroatoms. The number of rotatable bonds is 13. The Hall–Kier alpha value is -4.90. The number of aromatic nitrogens is 2. The molecule has 4 aromatic rings. The van der Waals surface area contributed by atoms with Crippen LogP contribution < -0.4 is 21.5 Å². The lowest BCUT2D eigenvalue weighted by Crippen LogP contribution is -2.51. The average molecular weight is 754 g/mol. The van der Waals surface area contributed by atoms with E-state index in [1.165, 1.54) is 19.9 Å². The van der Waals surface area contributed by atoms with Crippen molar-refractivity contribution in [3.05, 3.63) is 121 Å². The van der Waals surface area contributed by atoms with Crippen LogP contribution in [-0.4, -0.2) is 57.8 Å². The summed E-state index contributed by atoms with van der Waals surface area (Å²) in [4.78, 5) is 43.4. The average Bonchev–Trinajstić information content (AvgIpc) is 3.58. The lowest BCUT2D eigenvalue weighted by molar-refractivity contribution is -0.153. The summed E-state index contributed by atoms with van der Waals surface area (Å²) in [5, 5.41) is 12.6. The summed E-state index contributed by atoms with van der Waals surface area (Å²) < 4.78 is 103. The van der Waals surface area contributed by atoms with Crippen LogP contribution in [0.15, 0.2) is 74.7 Å². The molecule has 2 N–H and O–H groups in total. The van der Waals surface area contributed by atoms with Gasteiger partial charge in [-0.1, -0.05) is 43.3 Å². The predicted octanol–water partition coefficient (Wildman–Crippen LogP) is 5.90. The van der Waals surface area contributed by atoms with Crippen LogP contribution in [0.2, 0.25) is 0 Å². The highest BCUT2D eigenvalue weighted by molar-refractivity contribution is 5.69. The van der Waals surface area contributed by atoms with Gasteiger partial charge in [0.05, 0.1) is 37.2 Å². The third kappa shape index (κ3) is 9.19. The fourth-order valence-corrected chi connectivity index (χ4v) is 6.36. The highest BCUT2D eigenvalue weighted by atomic mass is 19.4. The molecular weight excluding hydrogens is 715 g/mol. The Morgan fingerprint density at radius 1 is 0.887 bits per heavy atom. The van der Waals surface area contributed by atoms with E-state index in [9.17, 15) is 45.8 Å². The number of carbonyl (C=O) groups is 1. The Kier molecular flexibility index (Phi) is 11.9. The predicted molar refractivity (Wildman–Crippen MR) is 180 cm³/mol. The normalized spacial score (nSPS) is 15.5. The number of alkyl halides is 6. The molecule has 286 valence electrons. The standard InChI is InChI=1S/C36H38F7N5O5/c1-22(33(50)51)13-14-44-29(24-7-4-3-5-8-24)21-48-32(49)31(46-17-15-45(16-18-46)19-25-11-12-30(53-25)36(41,42)43)23(2)47(34(48)52)20-26-27(35(38,39)40)9-6-10-28(26)37/h3-12,22,29,44H,13-21H2,1-2H3,(H,50,51)/t22?,29-/m0/s1. The maximum Gasteiger partial charge on any atom is 0.449 e. The van der Waals surface area contributed by atoms with Crippen molar-refractivity contribution in [2.45, 2.75) is 58.3 Å². The Morgan fingerprint density at radius 3 is 2.17 bits per heavy atom. The van der Waals surface area contributed by atoms with Gasteiger partial charge >= 0.3 is 24.0 Å². The maximum absolute atomic E-state index is 15.1. The molecule has 1 unspecified atom stereocenters. The van der Waals surface area contributed by atoms with Gasteiger partial charge in [0.25, 0.3) is 5.56 Å². The first-order chi connectivity index (χ1) is 25.0. The van der Waals surface area contributed by atoms with Gasteiger partial charge in [-0.15, -0.1) is 0 Å². The number of nitrogens with zero attached hydrogens (tertiary/aromatic N) is 4. The van der Waals surface area contributed by atoms with E-state index >= 15 is 4.39 Å². The summed E-state index contributed by atoms with van der Waals surface area (Å²) in [6.07, 6.45) is -9.38. The lowest BCUT2D eigenvalue weighted by atomic mass is 10.0. The number of nitrogens with one attached hydrogen (secondary N) is 1. The van der Waals surface area contributed by atoms with E-state index in [4.69, 9.17) is 4.42 Å². The summed E-state index contributed by atoms with van der Waals surface area (Å²) >= 11 is 0. The van der Waals surface area contributed by atoms with Crippen LogP contribution in [0, 0.1) is 18.7 Å². The van der Waals surface area contributed by atoms with Gasteiger partial charge in [-0.05, 0) is 49.7 Å². The van der Waals surface area contributed by atoms with Crippen molar-refractivity contribution in [2.75, 3.05) is 37.6 Å². The summed E-state index contributed by atoms with van der Waals surface area (Å²) in [5.74, 6) is -3.95. The Labute approximate surface area is 299 Å². The van der Waals surface area contributed by atoms with E-state index in [0.29, 0.717) is 11.6 Å². The number of hydrogen-bond donors (Lipinski definition) is 2. The van der Waals surface area contributed by atoms with Crippen LogP contribution in [0.4, 0.5) is 36.4 Å². The Bertz CT molecular complexity index is 2020. The van der Waals surface area contributed by atoms with Crippen LogP contribution in [0.1, 0.15) is 53.3 Å². The van der Waals surface area contributed by atoms with Gasteiger partial charge in [0.2, 0.25) is 5.76 Å². The molecule has 1 saturated heterocycles. The van der Waals surface area contributed by atoms with Crippen molar-refractivity contribution in [2.24, 2.45) is 5.92 Å². The molecule has 0 bridgehead atoms. The number of furan rings is 1. The first kappa shape index (κ1) is 39.3. The first-order valence-electron chi connectivity index (χ1n) is 16.8. The van der Waals surface area contributed by atoms with Crippen molar-refractivity contribution in [3.63, 3.8) is 0 Å². The molecule has 1 aliphatic rings. The van der Waals surface area contributed by atoms with Gasteiger partial charge in [-0.25, -0.2) is 9.18 Å². The van der Waals surface area contributed by atoms with Gasteiger partial charge in [0.15, 0.2) is 0 Å². The van der Waals surface area contributed by atoms with Gasteiger partial charge in [-0.2, -0.15) is 26.3 Å². The van der Waals surface area contributed by atoms with Crippen molar-refractivity contribution in [1.82, 2.24) is 19.4 Å². The van der Waals surface area contributed by atoms with Crippen molar-refractivity contribution < 1.29 is 45.1 Å². The van der Waals surface area contributed by atoms with Gasteiger partial charge in [0.1, 0.15) is 17.3 Å². The number of hydrogen-bond acceptors (Lipinski definition) is 7. The smallest absolute Gasteiger partial charge is 0.449 e. The quantitative estimate of drug-likeness (QED) is 0.163. The minimum Gasteiger partial charge on any atom is -0.481 e. The third-order valence-electron chi connectivity index (χ3n) is 9.36. The SMILES string of the molecule is Cc1c(N2CCN(Cc3ccc(C(F)(F)F)o3)CC2)c(=O)n(C[C@H](NCCC(C)C(=O)O)c2ccccc2)c(=O)n1Cc1c(F)cccc1C(F)(F)F. The van der Waals surface area contributed by atoms with E-state index in [1.54, 1.807) is 35.2 Å². The van der Waals surface area contributed by atoms with Crippen LogP contribution >= 0.6 is 0 Å². The summed E-state index contributed by atoms with van der Waals surface area (Å²) in [5.41, 5.74) is -3.15. The second-order valence-corrected chi connectivity index (χ2v) is 13.0. The minimum absolute atomic E-state index is 0.00133. The molecular formula is C36H38F7N5O5. The highest BCUT2D eigenvalue weighted by Gasteiger charge is 2.36. The minimum atomic E-state index is -4.95. The van der Waals surface area contributed by atoms with E-state index in [1.807, 2.05) is 4.90 Å². The second kappa shape index (κ2) is 16.0. The van der Waals surface area contributed by atoms with E-state index in [-0.39, 0.29) is 69.4 Å². The van der Waals surface area contributed by atoms with Gasteiger partial charge < -0.3 is 19.7 Å². The zero-order valence-corrected chi connectivity index (χ0v) is 28.8. The number of piperazine rings is 1. The summed E-state index contributed by atoms with van der Waals surface area (Å²) in [7, 11) is 0. The molecule has 2 aromatic heterocycles. The molecule has 0 amide bonds. The number of benzene rings is 2. The van der Waals surface area contributed by atoms with Gasteiger partial charge in [0, 0.05) is 37.4 Å². The van der Waals surface area contributed by atoms with E-state index < -0.39 is 70.8 Å². The summed E-state index contributed by atoms with van der Waals surface area (Å²) in [6, 6.07) is 12.5. The molecule has 0 spiro atoms. The monoisotopic (exact) mass is 753 g/mol. The molecule has 0 radical (unpaired) electrons. The number of halogens is 7. The molecule has 53 heavy (non-hydrogen) atoms. The number of carboxylic acid groups (broad SMARTS) is 1. The van der Waals surface area contributed by atoms with Crippen LogP contribution in [0.25, 0.3) is 0 Å². The Morgan fingerprint density at radius 2 is 1.57 bits per heavy atom. The molecule has 0 saturated carbocycles. The molecule has 2 aromatic carbocycles. The first-order valence-corrected chi connectivity index (χ1v) is 16.8. The van der Waals surface area contributed by atoms with Gasteiger partial charge in [-0.3, -0.25) is 23.6 Å². The summed E-state index contributed by atoms with van der Waals surface area (Å²) in [6.45, 7) is 2.81. The van der Waals surface area contributed by atoms with Crippen LogP contribution in [0.3, 0.4) is 0 Å². The molecule has 3 heterocycles. The van der Waals surface area contributed by atoms with Crippen molar-refractivity contribution >= 4 is 11.7 Å². The zero-order chi connectivity index (χ0) is 38.7. The second-order valence-electron chi connectivity index (χ2n) is 13.0. The van der Waals surface area contributed by atoms with Crippen LogP contribution in [-0.2, 0) is 36.8 Å². The third-order valence-corrected chi connectivity index (χ3v) is 9.36. The number of carboxylic acids is 1. The number of aliphatic carboxylic acids is 1. The number of anilines is 1. The lowest BCUT2D eigenvalue weighted by Gasteiger charge is -2.36. The van der Waals surface area contributed by atoms with E-state index in [0.717, 1.165) is 27.3 Å². The molecule has 1 aliphatic heterocycles. The fourth-order valence-electron chi connectivity index (χ4n) is 6.36. The fraction of sp³-hybridized carbons (Fsp3) is 0.417. The molecule has 0 aliphatic carbocycles. The van der Waals surface area contributed by atoms with E-state index in [2.05, 4.69) is 5.32 Å². The molecule has 10 nitrogen and oxygen atoms in total. The maximum atomic E-state index is 15.1. The Balaban J connectivity index is 1.53. The molecule has 1 fully saturated rings. The zero-order valence-electron chi connectivity index (χ0n) is 28.8. The topological polar surface area (TPSA) is 113 Å².